The Balaban J connectivity index is 1.53. The third-order valence-electron chi connectivity index (χ3n) is 3.74. The topological polar surface area (TPSA) is 56.2 Å². The number of nitrogens with zero attached hydrogens (tertiary/aromatic N) is 2. The lowest BCUT2D eigenvalue weighted by atomic mass is 10.2. The summed E-state index contributed by atoms with van der Waals surface area (Å²) in [5.41, 5.74) is 0.953. The van der Waals surface area contributed by atoms with Crippen LogP contribution in [0.5, 0.6) is 0 Å². The lowest BCUT2D eigenvalue weighted by molar-refractivity contribution is -0.121. The molecule has 2 heterocycles. The smallest absolute Gasteiger partial charge is 0.221 e. The number of nitrogens with one attached hydrogen (secondary N) is 1. The van der Waals surface area contributed by atoms with Gasteiger partial charge in [0.05, 0.1) is 29.4 Å². The van der Waals surface area contributed by atoms with Crippen LogP contribution in [0.1, 0.15) is 19.3 Å². The highest BCUT2D eigenvalue weighted by molar-refractivity contribution is 6.35. The first-order valence-corrected chi connectivity index (χ1v) is 7.60. The van der Waals surface area contributed by atoms with Gasteiger partial charge in [-0.3, -0.25) is 9.48 Å². The Kier molecular flexibility index (Phi) is 4.41. The van der Waals surface area contributed by atoms with Crippen LogP contribution in [0.2, 0.25) is 5.02 Å². The molecule has 1 aromatic heterocycles. The number of fused-ring (bicyclic) bond motifs is 1. The highest BCUT2D eigenvalue weighted by atomic mass is 35.5. The van der Waals surface area contributed by atoms with E-state index < -0.39 is 0 Å². The van der Waals surface area contributed by atoms with Crippen molar-refractivity contribution in [3.63, 3.8) is 0 Å². The standard InChI is InChI=1S/C15H18ClN3O2/c16-13-4-1-5-14-12(13)10-18-19(14)7-6-15(20)17-9-11-3-2-8-21-11/h1,4-5,10-11H,2-3,6-9H2,(H,17,20)/t11-/m1/s1. The fraction of sp³-hybridized carbons (Fsp3) is 0.467. The number of benzene rings is 1. The van der Waals surface area contributed by atoms with Crippen molar-refractivity contribution in [2.75, 3.05) is 13.2 Å². The van der Waals surface area contributed by atoms with Crippen LogP contribution >= 0.6 is 11.6 Å². The molecule has 0 unspecified atom stereocenters. The van der Waals surface area contributed by atoms with E-state index in [9.17, 15) is 4.79 Å². The van der Waals surface area contributed by atoms with E-state index in [1.807, 2.05) is 22.9 Å². The monoisotopic (exact) mass is 307 g/mol. The summed E-state index contributed by atoms with van der Waals surface area (Å²) in [5.74, 6) is 0.0242. The number of hydrogen-bond acceptors (Lipinski definition) is 3. The van der Waals surface area contributed by atoms with Crippen molar-refractivity contribution in [2.24, 2.45) is 0 Å². The largest absolute Gasteiger partial charge is 0.376 e. The van der Waals surface area contributed by atoms with E-state index in [4.69, 9.17) is 16.3 Å². The van der Waals surface area contributed by atoms with Crippen LogP contribution in [0.25, 0.3) is 10.9 Å². The van der Waals surface area contributed by atoms with Crippen LogP contribution in [0.15, 0.2) is 24.4 Å². The molecular formula is C15H18ClN3O2. The number of rotatable bonds is 5. The summed E-state index contributed by atoms with van der Waals surface area (Å²) in [4.78, 5) is 11.9. The van der Waals surface area contributed by atoms with Crippen molar-refractivity contribution in [3.8, 4) is 0 Å². The van der Waals surface area contributed by atoms with Crippen LogP contribution in [0.3, 0.4) is 0 Å². The Bertz CT molecular complexity index is 635. The Morgan fingerprint density at radius 2 is 2.43 bits per heavy atom. The fourth-order valence-corrected chi connectivity index (χ4v) is 2.79. The summed E-state index contributed by atoms with van der Waals surface area (Å²) in [5, 5.41) is 8.81. The highest BCUT2D eigenvalue weighted by Crippen LogP contribution is 2.22. The minimum Gasteiger partial charge on any atom is -0.376 e. The first-order chi connectivity index (χ1) is 10.2. The van der Waals surface area contributed by atoms with E-state index in [2.05, 4.69) is 10.4 Å². The van der Waals surface area contributed by atoms with Gasteiger partial charge in [-0.25, -0.2) is 0 Å². The van der Waals surface area contributed by atoms with Gasteiger partial charge in [0.25, 0.3) is 0 Å². The first-order valence-electron chi connectivity index (χ1n) is 7.22. The van der Waals surface area contributed by atoms with Gasteiger partial charge in [0.1, 0.15) is 0 Å². The second kappa shape index (κ2) is 6.45. The third kappa shape index (κ3) is 3.36. The van der Waals surface area contributed by atoms with Crippen molar-refractivity contribution < 1.29 is 9.53 Å². The van der Waals surface area contributed by atoms with Crippen LogP contribution in [0, 0.1) is 0 Å². The Hall–Kier alpha value is -1.59. The molecule has 1 saturated heterocycles. The minimum absolute atomic E-state index is 0.0242. The lowest BCUT2D eigenvalue weighted by Gasteiger charge is -2.11. The molecular weight excluding hydrogens is 290 g/mol. The number of halogens is 1. The summed E-state index contributed by atoms with van der Waals surface area (Å²) in [7, 11) is 0. The van der Waals surface area contributed by atoms with Gasteiger partial charge in [0.2, 0.25) is 5.91 Å². The molecule has 3 rings (SSSR count). The normalized spacial score (nSPS) is 18.2. The number of aromatic nitrogens is 2. The zero-order valence-electron chi connectivity index (χ0n) is 11.7. The number of ether oxygens (including phenoxy) is 1. The predicted molar refractivity (Wildman–Crippen MR) is 81.3 cm³/mol. The van der Waals surface area contributed by atoms with E-state index in [0.717, 1.165) is 30.4 Å². The Morgan fingerprint density at radius 3 is 3.24 bits per heavy atom. The molecule has 0 radical (unpaired) electrons. The van der Waals surface area contributed by atoms with Crippen molar-refractivity contribution in [3.05, 3.63) is 29.4 Å². The maximum Gasteiger partial charge on any atom is 0.221 e. The second-order valence-corrected chi connectivity index (χ2v) is 5.64. The molecule has 1 aliphatic heterocycles. The zero-order chi connectivity index (χ0) is 14.7. The van der Waals surface area contributed by atoms with E-state index in [1.165, 1.54) is 0 Å². The molecule has 2 aromatic rings. The molecule has 112 valence electrons. The van der Waals surface area contributed by atoms with Crippen LogP contribution in [0.4, 0.5) is 0 Å². The summed E-state index contributed by atoms with van der Waals surface area (Å²) in [6.07, 6.45) is 4.43. The van der Waals surface area contributed by atoms with Gasteiger partial charge in [-0.2, -0.15) is 5.10 Å². The summed E-state index contributed by atoms with van der Waals surface area (Å²) in [6, 6.07) is 5.68. The first kappa shape index (κ1) is 14.4. The van der Waals surface area contributed by atoms with Crippen molar-refractivity contribution in [2.45, 2.75) is 31.9 Å². The van der Waals surface area contributed by atoms with Gasteiger partial charge < -0.3 is 10.1 Å². The van der Waals surface area contributed by atoms with E-state index in [0.29, 0.717) is 24.5 Å². The van der Waals surface area contributed by atoms with E-state index in [1.54, 1.807) is 6.20 Å². The van der Waals surface area contributed by atoms with Gasteiger partial charge in [0.15, 0.2) is 0 Å². The predicted octanol–water partition coefficient (Wildman–Crippen LogP) is 2.38. The van der Waals surface area contributed by atoms with E-state index >= 15 is 0 Å². The van der Waals surface area contributed by atoms with Crippen LogP contribution in [-0.4, -0.2) is 34.9 Å². The molecule has 1 fully saturated rings. The molecule has 1 aliphatic rings. The molecule has 0 spiro atoms. The molecule has 0 saturated carbocycles. The number of carbonyl (C=O) groups is 1. The molecule has 1 N–H and O–H groups in total. The number of aryl methyl sites for hydroxylation is 1. The molecule has 0 aliphatic carbocycles. The SMILES string of the molecule is O=C(CCn1ncc2c(Cl)cccc21)NC[C@H]1CCCO1. The maximum atomic E-state index is 11.9. The number of carbonyl (C=O) groups excluding carboxylic acids is 1. The van der Waals surface area contributed by atoms with Crippen LogP contribution < -0.4 is 5.32 Å². The van der Waals surface area contributed by atoms with Gasteiger partial charge in [0, 0.05) is 25.0 Å². The average molecular weight is 308 g/mol. The fourth-order valence-electron chi connectivity index (χ4n) is 2.58. The molecule has 1 atom stereocenters. The Morgan fingerprint density at radius 1 is 1.52 bits per heavy atom. The highest BCUT2D eigenvalue weighted by Gasteiger charge is 2.16. The van der Waals surface area contributed by atoms with Gasteiger partial charge >= 0.3 is 0 Å². The summed E-state index contributed by atoms with van der Waals surface area (Å²) >= 11 is 6.11. The maximum absolute atomic E-state index is 11.9. The van der Waals surface area contributed by atoms with Gasteiger partial charge in [-0.05, 0) is 25.0 Å². The minimum atomic E-state index is 0.0242. The molecule has 21 heavy (non-hydrogen) atoms. The number of hydrogen-bond donors (Lipinski definition) is 1. The van der Waals surface area contributed by atoms with Gasteiger partial charge in [-0.1, -0.05) is 17.7 Å². The van der Waals surface area contributed by atoms with Crippen molar-refractivity contribution >= 4 is 28.4 Å². The zero-order valence-corrected chi connectivity index (χ0v) is 12.5. The summed E-state index contributed by atoms with van der Waals surface area (Å²) in [6.45, 7) is 1.95. The molecule has 6 heteroatoms. The average Bonchev–Trinajstić information content (AvgIpc) is 3.13. The van der Waals surface area contributed by atoms with Crippen LogP contribution in [-0.2, 0) is 16.1 Å². The number of amides is 1. The second-order valence-electron chi connectivity index (χ2n) is 5.23. The Labute approximate surface area is 128 Å². The molecule has 1 aromatic carbocycles. The quantitative estimate of drug-likeness (QED) is 0.922. The van der Waals surface area contributed by atoms with E-state index in [-0.39, 0.29) is 12.0 Å². The van der Waals surface area contributed by atoms with Crippen molar-refractivity contribution in [1.29, 1.82) is 0 Å². The third-order valence-corrected chi connectivity index (χ3v) is 4.07. The molecule has 5 nitrogen and oxygen atoms in total. The van der Waals surface area contributed by atoms with Crippen molar-refractivity contribution in [1.82, 2.24) is 15.1 Å². The molecule has 1 amide bonds. The summed E-state index contributed by atoms with van der Waals surface area (Å²) < 4.78 is 7.29. The lowest BCUT2D eigenvalue weighted by Crippen LogP contribution is -2.32. The van der Waals surface area contributed by atoms with Gasteiger partial charge in [-0.15, -0.1) is 0 Å². The molecule has 0 bridgehead atoms.